The Balaban J connectivity index is 1.91. The maximum Gasteiger partial charge on any atom is 0.0450 e. The third-order valence-electron chi connectivity index (χ3n) is 2.23. The molecule has 1 fully saturated rings. The van der Waals surface area contributed by atoms with E-state index in [1.54, 1.807) is 0 Å². The summed E-state index contributed by atoms with van der Waals surface area (Å²) in [7, 11) is 0. The fourth-order valence-electron chi connectivity index (χ4n) is 1.52. The van der Waals surface area contributed by atoms with E-state index in [1.807, 2.05) is 6.20 Å². The van der Waals surface area contributed by atoms with Crippen molar-refractivity contribution in [1.29, 1.82) is 0 Å². The van der Waals surface area contributed by atoms with E-state index < -0.39 is 0 Å². The molecule has 2 rings (SSSR count). The van der Waals surface area contributed by atoms with Gasteiger partial charge < -0.3 is 5.32 Å². The summed E-state index contributed by atoms with van der Waals surface area (Å²) in [6, 6.07) is 0. The number of hydrogen-bond acceptors (Lipinski definition) is 2. The molecule has 1 saturated heterocycles. The number of aliphatic imine (C=N–C) groups is 1. The van der Waals surface area contributed by atoms with Crippen molar-refractivity contribution in [1.82, 2.24) is 5.32 Å². The number of rotatable bonds is 1. The van der Waals surface area contributed by atoms with E-state index in [9.17, 15) is 0 Å². The van der Waals surface area contributed by atoms with E-state index in [0.29, 0.717) is 0 Å². The van der Waals surface area contributed by atoms with Crippen molar-refractivity contribution in [2.75, 3.05) is 13.1 Å². The average Bonchev–Trinajstić information content (AvgIpc) is 1.86. The lowest BCUT2D eigenvalue weighted by Crippen LogP contribution is -2.32. The van der Waals surface area contributed by atoms with Crippen molar-refractivity contribution >= 4 is 5.71 Å². The molecule has 0 amide bonds. The first-order chi connectivity index (χ1) is 4.97. The van der Waals surface area contributed by atoms with Crippen molar-refractivity contribution in [2.45, 2.75) is 12.8 Å². The standard InChI is InChI=1S/C8H12N2/c1-4-9-5-2-7(1)8-3-6-10-8/h3,6-7,9H,1-2,4-5H2. The lowest BCUT2D eigenvalue weighted by atomic mass is 9.91. The predicted molar refractivity (Wildman–Crippen MR) is 42.2 cm³/mol. The summed E-state index contributed by atoms with van der Waals surface area (Å²) in [5, 5.41) is 3.34. The van der Waals surface area contributed by atoms with Crippen LogP contribution in [0.1, 0.15) is 12.8 Å². The first-order valence-electron chi connectivity index (χ1n) is 3.92. The molecule has 0 atom stereocenters. The molecule has 2 nitrogen and oxygen atoms in total. The van der Waals surface area contributed by atoms with Crippen molar-refractivity contribution in [3.8, 4) is 0 Å². The smallest absolute Gasteiger partial charge is 0.0450 e. The van der Waals surface area contributed by atoms with Gasteiger partial charge in [0.05, 0.1) is 0 Å². The summed E-state index contributed by atoms with van der Waals surface area (Å²) < 4.78 is 0. The molecule has 10 heavy (non-hydrogen) atoms. The van der Waals surface area contributed by atoms with Crippen molar-refractivity contribution in [3.63, 3.8) is 0 Å². The third kappa shape index (κ3) is 0.991. The molecule has 0 saturated carbocycles. The SMILES string of the molecule is C1=CC(C2CCNCC2)=N1. The zero-order valence-corrected chi connectivity index (χ0v) is 6.01. The lowest BCUT2D eigenvalue weighted by Gasteiger charge is -2.24. The Morgan fingerprint density at radius 2 is 2.10 bits per heavy atom. The summed E-state index contributed by atoms with van der Waals surface area (Å²) in [5.41, 5.74) is 1.32. The van der Waals surface area contributed by atoms with Crippen LogP contribution in [0.3, 0.4) is 0 Å². The number of nitrogens with one attached hydrogen (secondary N) is 1. The molecular weight excluding hydrogens is 124 g/mol. The first kappa shape index (κ1) is 6.10. The normalized spacial score (nSPS) is 25.8. The number of piperidine rings is 1. The molecule has 0 spiro atoms. The minimum atomic E-state index is 0.756. The molecule has 0 aliphatic carbocycles. The van der Waals surface area contributed by atoms with Crippen molar-refractivity contribution in [2.24, 2.45) is 10.9 Å². The zero-order chi connectivity index (χ0) is 6.81. The highest BCUT2D eigenvalue weighted by molar-refractivity contribution is 6.01. The second kappa shape index (κ2) is 2.54. The van der Waals surface area contributed by atoms with Gasteiger partial charge in [0.15, 0.2) is 0 Å². The molecule has 1 N–H and O–H groups in total. The van der Waals surface area contributed by atoms with E-state index >= 15 is 0 Å². The molecule has 2 heterocycles. The van der Waals surface area contributed by atoms with Crippen molar-refractivity contribution in [3.05, 3.63) is 12.3 Å². The van der Waals surface area contributed by atoms with Gasteiger partial charge in [0.2, 0.25) is 0 Å². The Bertz CT molecular complexity index is 176. The van der Waals surface area contributed by atoms with Gasteiger partial charge in [-0.1, -0.05) is 0 Å². The average molecular weight is 136 g/mol. The molecule has 54 valence electrons. The quantitative estimate of drug-likeness (QED) is 0.570. The highest BCUT2D eigenvalue weighted by Crippen LogP contribution is 2.17. The van der Waals surface area contributed by atoms with Crippen LogP contribution in [0.15, 0.2) is 17.3 Å². The largest absolute Gasteiger partial charge is 0.317 e. The Hall–Kier alpha value is -0.630. The van der Waals surface area contributed by atoms with E-state index in [1.165, 1.54) is 18.6 Å². The maximum absolute atomic E-state index is 4.20. The molecular formula is C8H12N2. The molecule has 0 unspecified atom stereocenters. The van der Waals surface area contributed by atoms with Gasteiger partial charge in [-0.15, -0.1) is 0 Å². The topological polar surface area (TPSA) is 24.4 Å². The van der Waals surface area contributed by atoms with Crippen LogP contribution in [0.2, 0.25) is 0 Å². The van der Waals surface area contributed by atoms with Crippen LogP contribution in [0.25, 0.3) is 0 Å². The summed E-state index contributed by atoms with van der Waals surface area (Å²) in [6.45, 7) is 2.33. The van der Waals surface area contributed by atoms with Gasteiger partial charge in [0.1, 0.15) is 0 Å². The fraction of sp³-hybridized carbons (Fsp3) is 0.625. The minimum Gasteiger partial charge on any atom is -0.317 e. The van der Waals surface area contributed by atoms with Gasteiger partial charge in [-0.25, -0.2) is 0 Å². The summed E-state index contributed by atoms with van der Waals surface area (Å²) in [6.07, 6.45) is 6.56. The van der Waals surface area contributed by atoms with E-state index in [-0.39, 0.29) is 0 Å². The molecule has 2 heteroatoms. The molecule has 0 bridgehead atoms. The van der Waals surface area contributed by atoms with Crippen molar-refractivity contribution < 1.29 is 0 Å². The number of nitrogens with zero attached hydrogens (tertiary/aromatic N) is 1. The van der Waals surface area contributed by atoms with Gasteiger partial charge in [-0.05, 0) is 32.0 Å². The number of hydrogen-bond donors (Lipinski definition) is 1. The van der Waals surface area contributed by atoms with Crippen LogP contribution in [-0.2, 0) is 0 Å². The van der Waals surface area contributed by atoms with Crippen LogP contribution in [0, 0.1) is 5.92 Å². The van der Waals surface area contributed by atoms with Gasteiger partial charge in [0, 0.05) is 17.8 Å². The van der Waals surface area contributed by atoms with Crippen LogP contribution in [0.4, 0.5) is 0 Å². The van der Waals surface area contributed by atoms with Crippen LogP contribution in [-0.4, -0.2) is 18.8 Å². The Morgan fingerprint density at radius 1 is 1.40 bits per heavy atom. The second-order valence-electron chi connectivity index (χ2n) is 2.89. The minimum absolute atomic E-state index is 0.756. The Kier molecular flexibility index (Phi) is 1.55. The van der Waals surface area contributed by atoms with Crippen LogP contribution >= 0.6 is 0 Å². The fourth-order valence-corrected chi connectivity index (χ4v) is 1.52. The predicted octanol–water partition coefficient (Wildman–Crippen LogP) is 0.954. The second-order valence-corrected chi connectivity index (χ2v) is 2.89. The van der Waals surface area contributed by atoms with Crippen LogP contribution in [0.5, 0.6) is 0 Å². The molecule has 0 radical (unpaired) electrons. The van der Waals surface area contributed by atoms with Gasteiger partial charge in [0.25, 0.3) is 0 Å². The first-order valence-corrected chi connectivity index (χ1v) is 3.92. The lowest BCUT2D eigenvalue weighted by molar-refractivity contribution is 0.456. The summed E-state index contributed by atoms with van der Waals surface area (Å²) in [5.74, 6) is 0.756. The number of allylic oxidation sites excluding steroid dienone is 1. The Labute approximate surface area is 61.0 Å². The maximum atomic E-state index is 4.20. The van der Waals surface area contributed by atoms with E-state index in [2.05, 4.69) is 16.4 Å². The van der Waals surface area contributed by atoms with Crippen LogP contribution < -0.4 is 5.32 Å². The molecule has 2 aliphatic rings. The molecule has 0 aromatic rings. The monoisotopic (exact) mass is 136 g/mol. The summed E-state index contributed by atoms with van der Waals surface area (Å²) >= 11 is 0. The highest BCUT2D eigenvalue weighted by atomic mass is 14.9. The van der Waals surface area contributed by atoms with Gasteiger partial charge in [-0.2, -0.15) is 0 Å². The highest BCUT2D eigenvalue weighted by Gasteiger charge is 2.18. The molecule has 2 aliphatic heterocycles. The Morgan fingerprint density at radius 3 is 2.60 bits per heavy atom. The van der Waals surface area contributed by atoms with Gasteiger partial charge >= 0.3 is 0 Å². The molecule has 0 aromatic heterocycles. The van der Waals surface area contributed by atoms with Gasteiger partial charge in [-0.3, -0.25) is 4.99 Å². The van der Waals surface area contributed by atoms with E-state index in [0.717, 1.165) is 19.0 Å². The van der Waals surface area contributed by atoms with E-state index in [4.69, 9.17) is 0 Å². The third-order valence-corrected chi connectivity index (χ3v) is 2.23. The summed E-state index contributed by atoms with van der Waals surface area (Å²) in [4.78, 5) is 4.20. The molecule has 0 aromatic carbocycles. The zero-order valence-electron chi connectivity index (χ0n) is 6.01.